The first-order valence-corrected chi connectivity index (χ1v) is 12.0. The van der Waals surface area contributed by atoms with Crippen LogP contribution >= 0.6 is 34.3 Å². The predicted octanol–water partition coefficient (Wildman–Crippen LogP) is 3.91. The number of thiophene rings is 2. The molecule has 1 aliphatic rings. The fourth-order valence-electron chi connectivity index (χ4n) is 3.13. The van der Waals surface area contributed by atoms with Crippen molar-refractivity contribution in [2.75, 3.05) is 19.6 Å². The number of rotatable bonds is 6. The summed E-state index contributed by atoms with van der Waals surface area (Å²) in [4.78, 5) is 15.8. The minimum absolute atomic E-state index is 0.0168. The monoisotopic (exact) mass is 432 g/mol. The van der Waals surface area contributed by atoms with Crippen LogP contribution in [-0.2, 0) is 21.4 Å². The number of piperidine rings is 1. The minimum atomic E-state index is -3.51. The van der Waals surface area contributed by atoms with E-state index < -0.39 is 10.0 Å². The maximum Gasteiger partial charge on any atom is 0.252 e. The maximum absolute atomic E-state index is 13.0. The van der Waals surface area contributed by atoms with Crippen LogP contribution in [0.3, 0.4) is 0 Å². The Morgan fingerprint density at radius 1 is 1.38 bits per heavy atom. The van der Waals surface area contributed by atoms with Crippen LogP contribution in [0.4, 0.5) is 0 Å². The van der Waals surface area contributed by atoms with Gasteiger partial charge in [0, 0.05) is 24.5 Å². The molecule has 1 aliphatic heterocycles. The Kier molecular flexibility index (Phi) is 6.40. The molecule has 3 rings (SSSR count). The van der Waals surface area contributed by atoms with Crippen molar-refractivity contribution in [2.24, 2.45) is 5.92 Å². The van der Waals surface area contributed by atoms with E-state index in [0.29, 0.717) is 34.6 Å². The molecule has 5 nitrogen and oxygen atoms in total. The summed E-state index contributed by atoms with van der Waals surface area (Å²) in [5.41, 5.74) is 0. The van der Waals surface area contributed by atoms with Crippen LogP contribution in [0.25, 0.3) is 0 Å². The van der Waals surface area contributed by atoms with E-state index in [2.05, 4.69) is 0 Å². The summed E-state index contributed by atoms with van der Waals surface area (Å²) in [6.45, 7) is 3.76. The van der Waals surface area contributed by atoms with Crippen molar-refractivity contribution in [3.63, 3.8) is 0 Å². The van der Waals surface area contributed by atoms with Crippen LogP contribution in [0.5, 0.6) is 0 Å². The number of halogens is 1. The molecule has 142 valence electrons. The van der Waals surface area contributed by atoms with E-state index in [4.69, 9.17) is 11.6 Å². The molecule has 1 amide bonds. The second-order valence-electron chi connectivity index (χ2n) is 6.19. The highest BCUT2D eigenvalue weighted by atomic mass is 35.5. The Morgan fingerprint density at radius 3 is 2.81 bits per heavy atom. The molecule has 1 saturated heterocycles. The van der Waals surface area contributed by atoms with Crippen molar-refractivity contribution >= 4 is 50.2 Å². The van der Waals surface area contributed by atoms with E-state index in [9.17, 15) is 13.2 Å². The van der Waals surface area contributed by atoms with Crippen molar-refractivity contribution in [2.45, 2.75) is 30.5 Å². The molecule has 0 radical (unpaired) electrons. The van der Waals surface area contributed by atoms with E-state index in [1.165, 1.54) is 27.0 Å². The SMILES string of the molecule is CCN(Cc1ccc(Cl)s1)C(=O)C1CCCN(S(=O)(=O)c2cccs2)C1. The molecule has 0 aromatic carbocycles. The number of carbonyl (C=O) groups is 1. The summed E-state index contributed by atoms with van der Waals surface area (Å²) < 4.78 is 28.0. The number of sulfonamides is 1. The van der Waals surface area contributed by atoms with E-state index in [1.54, 1.807) is 22.4 Å². The highest BCUT2D eigenvalue weighted by molar-refractivity contribution is 7.91. The number of hydrogen-bond acceptors (Lipinski definition) is 5. The van der Waals surface area contributed by atoms with Gasteiger partial charge in [0.1, 0.15) is 4.21 Å². The van der Waals surface area contributed by atoms with Crippen molar-refractivity contribution in [3.05, 3.63) is 38.9 Å². The molecular formula is C17H21ClN2O3S3. The number of nitrogens with zero attached hydrogens (tertiary/aromatic N) is 2. The van der Waals surface area contributed by atoms with Crippen LogP contribution < -0.4 is 0 Å². The second kappa shape index (κ2) is 8.39. The van der Waals surface area contributed by atoms with Crippen molar-refractivity contribution in [1.29, 1.82) is 0 Å². The molecule has 26 heavy (non-hydrogen) atoms. The number of hydrogen-bond donors (Lipinski definition) is 0. The first-order chi connectivity index (χ1) is 12.4. The topological polar surface area (TPSA) is 57.7 Å². The van der Waals surface area contributed by atoms with E-state index >= 15 is 0 Å². The zero-order valence-electron chi connectivity index (χ0n) is 14.4. The maximum atomic E-state index is 13.0. The molecule has 0 saturated carbocycles. The first-order valence-electron chi connectivity index (χ1n) is 8.48. The van der Waals surface area contributed by atoms with Gasteiger partial charge in [0.2, 0.25) is 5.91 Å². The lowest BCUT2D eigenvalue weighted by molar-refractivity contribution is -0.137. The Labute approximate surface area is 167 Å². The van der Waals surface area contributed by atoms with E-state index in [0.717, 1.165) is 11.3 Å². The second-order valence-corrected chi connectivity index (χ2v) is 11.1. The molecule has 1 atom stereocenters. The number of amides is 1. The fraction of sp³-hybridized carbons (Fsp3) is 0.471. The van der Waals surface area contributed by atoms with Gasteiger partial charge in [-0.15, -0.1) is 22.7 Å². The van der Waals surface area contributed by atoms with Crippen LogP contribution in [0, 0.1) is 5.92 Å². The third-order valence-electron chi connectivity index (χ3n) is 4.49. The molecule has 2 aromatic heterocycles. The minimum Gasteiger partial charge on any atom is -0.338 e. The van der Waals surface area contributed by atoms with Crippen LogP contribution in [-0.4, -0.2) is 43.2 Å². The summed E-state index contributed by atoms with van der Waals surface area (Å²) in [7, 11) is -3.51. The van der Waals surface area contributed by atoms with Crippen LogP contribution in [0.15, 0.2) is 33.9 Å². The molecule has 3 heterocycles. The van der Waals surface area contributed by atoms with Crippen molar-refractivity contribution in [1.82, 2.24) is 9.21 Å². The van der Waals surface area contributed by atoms with Gasteiger partial charge in [-0.3, -0.25) is 4.79 Å². The van der Waals surface area contributed by atoms with Gasteiger partial charge in [-0.05, 0) is 43.3 Å². The van der Waals surface area contributed by atoms with Crippen LogP contribution in [0.1, 0.15) is 24.6 Å². The lowest BCUT2D eigenvalue weighted by atomic mass is 9.98. The standard InChI is InChI=1S/C17H21ClN2O3S3/c1-2-19(12-14-7-8-15(18)25-14)17(21)13-5-3-9-20(11-13)26(22,23)16-6-4-10-24-16/h4,6-8,10,13H,2-3,5,9,11-12H2,1H3. The molecule has 0 aliphatic carbocycles. The van der Waals surface area contributed by atoms with Gasteiger partial charge in [0.25, 0.3) is 10.0 Å². The first kappa shape index (κ1) is 19.8. The predicted molar refractivity (Wildman–Crippen MR) is 106 cm³/mol. The summed E-state index contributed by atoms with van der Waals surface area (Å²) in [6.07, 6.45) is 1.42. The van der Waals surface area contributed by atoms with E-state index in [1.807, 2.05) is 19.1 Å². The summed E-state index contributed by atoms with van der Waals surface area (Å²) in [6, 6.07) is 7.10. The molecular weight excluding hydrogens is 412 g/mol. The molecule has 1 fully saturated rings. The normalized spacial score (nSPS) is 18.8. The smallest absolute Gasteiger partial charge is 0.252 e. The van der Waals surface area contributed by atoms with Crippen LogP contribution in [0.2, 0.25) is 4.34 Å². The summed E-state index contributed by atoms with van der Waals surface area (Å²) in [5, 5.41) is 1.75. The molecule has 0 bridgehead atoms. The summed E-state index contributed by atoms with van der Waals surface area (Å²) >= 11 is 8.65. The zero-order valence-corrected chi connectivity index (χ0v) is 17.6. The lowest BCUT2D eigenvalue weighted by Crippen LogP contribution is -2.46. The Morgan fingerprint density at radius 2 is 2.19 bits per heavy atom. The van der Waals surface area contributed by atoms with Gasteiger partial charge < -0.3 is 4.90 Å². The molecule has 0 N–H and O–H groups in total. The van der Waals surface area contributed by atoms with Gasteiger partial charge in [-0.25, -0.2) is 8.42 Å². The molecule has 9 heteroatoms. The largest absolute Gasteiger partial charge is 0.338 e. The Balaban J connectivity index is 1.70. The quantitative estimate of drug-likeness (QED) is 0.695. The van der Waals surface area contributed by atoms with Gasteiger partial charge in [0.15, 0.2) is 0 Å². The highest BCUT2D eigenvalue weighted by Gasteiger charge is 2.35. The third kappa shape index (κ3) is 4.31. The summed E-state index contributed by atoms with van der Waals surface area (Å²) in [5.74, 6) is -0.281. The van der Waals surface area contributed by atoms with Crippen molar-refractivity contribution in [3.8, 4) is 0 Å². The molecule has 0 spiro atoms. The van der Waals surface area contributed by atoms with E-state index in [-0.39, 0.29) is 18.4 Å². The zero-order chi connectivity index (χ0) is 18.7. The molecule has 1 unspecified atom stereocenters. The van der Waals surface area contributed by atoms with Gasteiger partial charge in [0.05, 0.1) is 16.8 Å². The van der Waals surface area contributed by atoms with Gasteiger partial charge >= 0.3 is 0 Å². The van der Waals surface area contributed by atoms with Gasteiger partial charge in [-0.1, -0.05) is 17.7 Å². The Hall–Kier alpha value is -0.930. The van der Waals surface area contributed by atoms with Gasteiger partial charge in [-0.2, -0.15) is 4.31 Å². The highest BCUT2D eigenvalue weighted by Crippen LogP contribution is 2.28. The Bertz CT molecular complexity index is 848. The average molecular weight is 433 g/mol. The van der Waals surface area contributed by atoms with Crippen molar-refractivity contribution < 1.29 is 13.2 Å². The molecule has 2 aromatic rings. The fourth-order valence-corrected chi connectivity index (χ4v) is 6.90. The number of carbonyl (C=O) groups excluding carboxylic acids is 1. The average Bonchev–Trinajstić information content (AvgIpc) is 3.31. The lowest BCUT2D eigenvalue weighted by Gasteiger charge is -2.33. The third-order valence-corrected chi connectivity index (χ3v) is 8.95.